The minimum Gasteiger partial charge on any atom is -0.457 e. The van der Waals surface area contributed by atoms with Gasteiger partial charge in [-0.25, -0.2) is 0 Å². The first-order valence-electron chi connectivity index (χ1n) is 6.95. The number of ether oxygens (including phenoxy) is 1. The fourth-order valence-corrected chi connectivity index (χ4v) is 2.53. The van der Waals surface area contributed by atoms with Crippen molar-refractivity contribution in [2.45, 2.75) is 25.3 Å². The molecule has 0 bridgehead atoms. The third kappa shape index (κ3) is 3.36. The van der Waals surface area contributed by atoms with Gasteiger partial charge in [-0.1, -0.05) is 30.3 Å². The maximum atomic E-state index is 5.79. The molecule has 0 radical (unpaired) electrons. The summed E-state index contributed by atoms with van der Waals surface area (Å²) in [7, 11) is 0. The normalized spacial score (nSPS) is 18.4. The summed E-state index contributed by atoms with van der Waals surface area (Å²) in [5, 5.41) is 3.53. The molecule has 2 aromatic rings. The molecule has 0 amide bonds. The Labute approximate surface area is 114 Å². The molecular weight excluding hydrogens is 234 g/mol. The summed E-state index contributed by atoms with van der Waals surface area (Å²) in [6.45, 7) is 1.17. The van der Waals surface area contributed by atoms with Crippen molar-refractivity contribution >= 4 is 0 Å². The summed E-state index contributed by atoms with van der Waals surface area (Å²) in [5.41, 5.74) is 1.37. The predicted octanol–water partition coefficient (Wildman–Crippen LogP) is 3.77. The van der Waals surface area contributed by atoms with Crippen LogP contribution < -0.4 is 10.1 Å². The zero-order valence-corrected chi connectivity index (χ0v) is 11.0. The Kier molecular flexibility index (Phi) is 3.80. The van der Waals surface area contributed by atoms with Gasteiger partial charge in [0.2, 0.25) is 0 Å². The van der Waals surface area contributed by atoms with Gasteiger partial charge >= 0.3 is 0 Å². The van der Waals surface area contributed by atoms with Gasteiger partial charge in [-0.05, 0) is 55.6 Å². The van der Waals surface area contributed by atoms with Gasteiger partial charge in [-0.2, -0.15) is 0 Å². The second-order valence-electron chi connectivity index (χ2n) is 5.06. The molecule has 1 fully saturated rings. The van der Waals surface area contributed by atoms with Crippen LogP contribution in [0.5, 0.6) is 11.5 Å². The lowest BCUT2D eigenvalue weighted by atomic mass is 10.0. The highest BCUT2D eigenvalue weighted by atomic mass is 16.5. The topological polar surface area (TPSA) is 21.3 Å². The summed E-state index contributed by atoms with van der Waals surface area (Å²) in [6, 6.07) is 19.0. The van der Waals surface area contributed by atoms with Crippen LogP contribution in [0.2, 0.25) is 0 Å². The summed E-state index contributed by atoms with van der Waals surface area (Å²) < 4.78 is 5.79. The van der Waals surface area contributed by atoms with Crippen LogP contribution in [0, 0.1) is 0 Å². The molecule has 1 heterocycles. The van der Waals surface area contributed by atoms with E-state index in [1.54, 1.807) is 0 Å². The lowest BCUT2D eigenvalue weighted by Crippen LogP contribution is -2.23. The van der Waals surface area contributed by atoms with Crippen molar-refractivity contribution in [3.05, 3.63) is 60.2 Å². The van der Waals surface area contributed by atoms with Crippen LogP contribution in [0.15, 0.2) is 54.6 Å². The molecule has 0 aromatic heterocycles. The van der Waals surface area contributed by atoms with Crippen molar-refractivity contribution in [1.82, 2.24) is 5.32 Å². The average molecular weight is 253 g/mol. The van der Waals surface area contributed by atoms with Gasteiger partial charge in [0.25, 0.3) is 0 Å². The number of rotatable bonds is 4. The number of para-hydroxylation sites is 1. The molecule has 2 aromatic carbocycles. The lowest BCUT2D eigenvalue weighted by Gasteiger charge is -2.11. The molecule has 2 nitrogen and oxygen atoms in total. The number of hydrogen-bond donors (Lipinski definition) is 1. The fraction of sp³-hybridized carbons (Fsp3) is 0.294. The molecule has 0 aliphatic carbocycles. The van der Waals surface area contributed by atoms with Crippen LogP contribution >= 0.6 is 0 Å². The van der Waals surface area contributed by atoms with E-state index >= 15 is 0 Å². The highest BCUT2D eigenvalue weighted by Crippen LogP contribution is 2.22. The standard InChI is InChI=1S/C17H19NO/c1-2-6-16(7-3-1)19-17-10-8-14(9-11-17)13-15-5-4-12-18-15/h1-3,6-11,15,18H,4-5,12-13H2. The average Bonchev–Trinajstić information content (AvgIpc) is 2.95. The van der Waals surface area contributed by atoms with Crippen LogP contribution in [0.4, 0.5) is 0 Å². The molecule has 1 aliphatic rings. The van der Waals surface area contributed by atoms with E-state index in [1.807, 2.05) is 30.3 Å². The first-order chi connectivity index (χ1) is 9.40. The van der Waals surface area contributed by atoms with Crippen LogP contribution in [-0.2, 0) is 6.42 Å². The molecule has 0 saturated carbocycles. The molecule has 2 heteroatoms. The van der Waals surface area contributed by atoms with Crippen LogP contribution in [0.3, 0.4) is 0 Å². The number of nitrogens with one attached hydrogen (secondary N) is 1. The Hall–Kier alpha value is -1.80. The first kappa shape index (κ1) is 12.2. The summed E-state index contributed by atoms with van der Waals surface area (Å²) >= 11 is 0. The van der Waals surface area contributed by atoms with E-state index in [0.29, 0.717) is 6.04 Å². The minimum atomic E-state index is 0.654. The quantitative estimate of drug-likeness (QED) is 0.895. The third-order valence-corrected chi connectivity index (χ3v) is 3.55. The Morgan fingerprint density at radius 1 is 0.947 bits per heavy atom. The molecule has 1 N–H and O–H groups in total. The van der Waals surface area contributed by atoms with Gasteiger partial charge in [0.1, 0.15) is 11.5 Å². The summed E-state index contributed by atoms with van der Waals surface area (Å²) in [6.07, 6.45) is 3.72. The van der Waals surface area contributed by atoms with Gasteiger partial charge < -0.3 is 10.1 Å². The van der Waals surface area contributed by atoms with Gasteiger partial charge in [-0.15, -0.1) is 0 Å². The molecule has 19 heavy (non-hydrogen) atoms. The second kappa shape index (κ2) is 5.89. The SMILES string of the molecule is c1ccc(Oc2ccc(CC3CCCN3)cc2)cc1. The van der Waals surface area contributed by atoms with Crippen molar-refractivity contribution in [2.75, 3.05) is 6.54 Å². The van der Waals surface area contributed by atoms with E-state index in [4.69, 9.17) is 4.74 Å². The number of hydrogen-bond acceptors (Lipinski definition) is 2. The van der Waals surface area contributed by atoms with E-state index in [9.17, 15) is 0 Å². The predicted molar refractivity (Wildman–Crippen MR) is 77.7 cm³/mol. The van der Waals surface area contributed by atoms with E-state index in [2.05, 4.69) is 29.6 Å². The van der Waals surface area contributed by atoms with Crippen molar-refractivity contribution < 1.29 is 4.74 Å². The maximum absolute atomic E-state index is 5.79. The Balaban J connectivity index is 1.62. The van der Waals surface area contributed by atoms with E-state index in [-0.39, 0.29) is 0 Å². The largest absolute Gasteiger partial charge is 0.457 e. The first-order valence-corrected chi connectivity index (χ1v) is 6.95. The summed E-state index contributed by atoms with van der Waals surface area (Å²) in [5.74, 6) is 1.78. The Morgan fingerprint density at radius 3 is 2.37 bits per heavy atom. The highest BCUT2D eigenvalue weighted by Gasteiger charge is 2.14. The third-order valence-electron chi connectivity index (χ3n) is 3.55. The zero-order chi connectivity index (χ0) is 12.9. The molecule has 98 valence electrons. The Bertz CT molecular complexity index is 501. The van der Waals surface area contributed by atoms with Crippen molar-refractivity contribution in [3.8, 4) is 11.5 Å². The molecule has 1 unspecified atom stereocenters. The van der Waals surface area contributed by atoms with E-state index < -0.39 is 0 Å². The summed E-state index contributed by atoms with van der Waals surface area (Å²) in [4.78, 5) is 0. The van der Waals surface area contributed by atoms with Crippen LogP contribution in [0.25, 0.3) is 0 Å². The van der Waals surface area contributed by atoms with Crippen LogP contribution in [-0.4, -0.2) is 12.6 Å². The molecule has 1 aliphatic heterocycles. The van der Waals surface area contributed by atoms with Crippen LogP contribution in [0.1, 0.15) is 18.4 Å². The van der Waals surface area contributed by atoms with Gasteiger partial charge in [0.15, 0.2) is 0 Å². The second-order valence-corrected chi connectivity index (χ2v) is 5.06. The Morgan fingerprint density at radius 2 is 1.68 bits per heavy atom. The molecule has 1 saturated heterocycles. The molecular formula is C17H19NO. The molecule has 3 rings (SSSR count). The zero-order valence-electron chi connectivity index (χ0n) is 11.0. The molecule has 0 spiro atoms. The number of benzene rings is 2. The monoisotopic (exact) mass is 253 g/mol. The molecule has 1 atom stereocenters. The van der Waals surface area contributed by atoms with E-state index in [0.717, 1.165) is 17.9 Å². The highest BCUT2D eigenvalue weighted by molar-refractivity contribution is 5.33. The van der Waals surface area contributed by atoms with Crippen molar-refractivity contribution in [3.63, 3.8) is 0 Å². The van der Waals surface area contributed by atoms with Crippen molar-refractivity contribution in [2.24, 2.45) is 0 Å². The maximum Gasteiger partial charge on any atom is 0.127 e. The lowest BCUT2D eigenvalue weighted by molar-refractivity contribution is 0.482. The van der Waals surface area contributed by atoms with Gasteiger partial charge in [0.05, 0.1) is 0 Å². The van der Waals surface area contributed by atoms with E-state index in [1.165, 1.54) is 24.9 Å². The van der Waals surface area contributed by atoms with Gasteiger partial charge in [0, 0.05) is 6.04 Å². The fourth-order valence-electron chi connectivity index (χ4n) is 2.53. The van der Waals surface area contributed by atoms with Gasteiger partial charge in [-0.3, -0.25) is 0 Å². The van der Waals surface area contributed by atoms with Crippen molar-refractivity contribution in [1.29, 1.82) is 0 Å². The minimum absolute atomic E-state index is 0.654. The smallest absolute Gasteiger partial charge is 0.127 e.